The number of aromatic nitrogens is 1. The van der Waals surface area contributed by atoms with Crippen LogP contribution in [0.1, 0.15) is 48.5 Å². The van der Waals surface area contributed by atoms with Crippen molar-refractivity contribution in [3.63, 3.8) is 0 Å². The zero-order valence-electron chi connectivity index (χ0n) is 12.0. The molecule has 0 radical (unpaired) electrons. The molecule has 0 saturated heterocycles. The molecular formula is C14H22N2O2S. The van der Waals surface area contributed by atoms with Gasteiger partial charge in [0.1, 0.15) is 0 Å². The summed E-state index contributed by atoms with van der Waals surface area (Å²) in [6.45, 7) is 6.47. The Morgan fingerprint density at radius 1 is 1.53 bits per heavy atom. The van der Waals surface area contributed by atoms with Gasteiger partial charge in [-0.25, -0.2) is 9.78 Å². The number of carbonyl (C=O) groups is 1. The molecule has 0 aromatic carbocycles. The molecule has 1 aromatic rings. The number of ether oxygens (including phenoxy) is 1. The smallest absolute Gasteiger partial charge is 0.357 e. The molecule has 1 aliphatic carbocycles. The molecule has 0 aliphatic heterocycles. The minimum atomic E-state index is -0.354. The maximum Gasteiger partial charge on any atom is 0.357 e. The quantitative estimate of drug-likeness (QED) is 0.859. The predicted octanol–water partition coefficient (Wildman–Crippen LogP) is 3.47. The molecule has 0 spiro atoms. The number of rotatable bonds is 4. The van der Waals surface area contributed by atoms with E-state index in [1.54, 1.807) is 0 Å². The van der Waals surface area contributed by atoms with E-state index in [1.165, 1.54) is 37.7 Å². The molecule has 5 heteroatoms. The topological polar surface area (TPSA) is 51.2 Å². The highest BCUT2D eigenvalue weighted by atomic mass is 32.1. The lowest BCUT2D eigenvalue weighted by Gasteiger charge is -2.20. The molecule has 3 atom stereocenters. The Balaban J connectivity index is 2.06. The number of hydrogen-bond acceptors (Lipinski definition) is 5. The Morgan fingerprint density at radius 3 is 2.84 bits per heavy atom. The normalized spacial score (nSPS) is 26.4. The van der Waals surface area contributed by atoms with Crippen molar-refractivity contribution in [3.05, 3.63) is 10.6 Å². The van der Waals surface area contributed by atoms with Gasteiger partial charge in [-0.05, 0) is 31.6 Å². The summed E-state index contributed by atoms with van der Waals surface area (Å²) in [6.07, 6.45) is 3.71. The van der Waals surface area contributed by atoms with E-state index in [0.717, 1.165) is 15.9 Å². The van der Waals surface area contributed by atoms with Crippen molar-refractivity contribution in [3.8, 4) is 0 Å². The van der Waals surface area contributed by atoms with Crippen molar-refractivity contribution in [2.75, 3.05) is 12.4 Å². The Kier molecular flexibility index (Phi) is 4.45. The summed E-state index contributed by atoms with van der Waals surface area (Å²) in [5, 5.41) is 4.33. The molecule has 3 unspecified atom stereocenters. The first-order valence-electron chi connectivity index (χ1n) is 6.89. The number of anilines is 1. The maximum atomic E-state index is 11.5. The fraction of sp³-hybridized carbons (Fsp3) is 0.714. The van der Waals surface area contributed by atoms with Crippen LogP contribution in [0.5, 0.6) is 0 Å². The third-order valence-electron chi connectivity index (χ3n) is 4.24. The van der Waals surface area contributed by atoms with E-state index in [9.17, 15) is 4.79 Å². The number of nitrogens with one attached hydrogen (secondary N) is 1. The van der Waals surface area contributed by atoms with Gasteiger partial charge in [0.15, 0.2) is 10.8 Å². The number of aryl methyl sites for hydroxylation is 1. The van der Waals surface area contributed by atoms with Gasteiger partial charge in [-0.2, -0.15) is 0 Å². The predicted molar refractivity (Wildman–Crippen MR) is 77.8 cm³/mol. The highest BCUT2D eigenvalue weighted by molar-refractivity contribution is 7.15. The molecule has 1 heterocycles. The third kappa shape index (κ3) is 2.91. The zero-order valence-corrected chi connectivity index (χ0v) is 12.8. The van der Waals surface area contributed by atoms with Crippen LogP contribution in [-0.2, 0) is 4.74 Å². The highest BCUT2D eigenvalue weighted by Gasteiger charge is 2.32. The van der Waals surface area contributed by atoms with Crippen molar-refractivity contribution in [2.45, 2.75) is 46.1 Å². The van der Waals surface area contributed by atoms with Gasteiger partial charge < -0.3 is 10.1 Å². The molecule has 4 nitrogen and oxygen atoms in total. The van der Waals surface area contributed by atoms with Crippen molar-refractivity contribution in [2.24, 2.45) is 11.8 Å². The molecule has 106 valence electrons. The summed E-state index contributed by atoms with van der Waals surface area (Å²) >= 11 is 1.53. The standard InChI is InChI=1S/C14H22N2O2S/c1-5-10-6-7-11(8(10)2)15-14-16-12(9(3)19-14)13(17)18-4/h8,10-11H,5-7H2,1-4H3,(H,15,16). The lowest BCUT2D eigenvalue weighted by molar-refractivity contribution is 0.0594. The highest BCUT2D eigenvalue weighted by Crippen LogP contribution is 2.36. The fourth-order valence-corrected chi connectivity index (χ4v) is 3.79. The van der Waals surface area contributed by atoms with Crippen LogP contribution in [-0.4, -0.2) is 24.1 Å². The van der Waals surface area contributed by atoms with E-state index in [-0.39, 0.29) is 5.97 Å². The maximum absolute atomic E-state index is 11.5. The van der Waals surface area contributed by atoms with Gasteiger partial charge >= 0.3 is 5.97 Å². The Bertz CT molecular complexity index is 458. The number of methoxy groups -OCH3 is 1. The summed E-state index contributed by atoms with van der Waals surface area (Å²) in [6, 6.07) is 0.473. The monoisotopic (exact) mass is 282 g/mol. The summed E-state index contributed by atoms with van der Waals surface area (Å²) in [4.78, 5) is 16.8. The van der Waals surface area contributed by atoms with E-state index in [1.807, 2.05) is 6.92 Å². The van der Waals surface area contributed by atoms with Crippen LogP contribution in [0, 0.1) is 18.8 Å². The van der Waals surface area contributed by atoms with E-state index >= 15 is 0 Å². The first-order valence-corrected chi connectivity index (χ1v) is 7.70. The first kappa shape index (κ1) is 14.3. The molecular weight excluding hydrogens is 260 g/mol. The molecule has 1 saturated carbocycles. The second kappa shape index (κ2) is 5.90. The van der Waals surface area contributed by atoms with Gasteiger partial charge in [0, 0.05) is 10.9 Å². The molecule has 1 fully saturated rings. The Hall–Kier alpha value is -1.10. The van der Waals surface area contributed by atoms with E-state index in [4.69, 9.17) is 4.74 Å². The van der Waals surface area contributed by atoms with E-state index in [2.05, 4.69) is 24.1 Å². The average Bonchev–Trinajstić information content (AvgIpc) is 2.93. The minimum absolute atomic E-state index is 0.354. The summed E-state index contributed by atoms with van der Waals surface area (Å²) in [5.74, 6) is 1.11. The van der Waals surface area contributed by atoms with Crippen molar-refractivity contribution in [1.82, 2.24) is 4.98 Å². The second-order valence-corrected chi connectivity index (χ2v) is 6.47. The van der Waals surface area contributed by atoms with Crippen molar-refractivity contribution in [1.29, 1.82) is 0 Å². The summed E-state index contributed by atoms with van der Waals surface area (Å²) in [7, 11) is 1.39. The van der Waals surface area contributed by atoms with Crippen LogP contribution in [0.2, 0.25) is 0 Å². The summed E-state index contributed by atoms with van der Waals surface area (Å²) < 4.78 is 4.73. The van der Waals surface area contributed by atoms with Crippen LogP contribution in [0.4, 0.5) is 5.13 Å². The van der Waals surface area contributed by atoms with Gasteiger partial charge in [-0.15, -0.1) is 11.3 Å². The number of nitrogens with zero attached hydrogens (tertiary/aromatic N) is 1. The lowest BCUT2D eigenvalue weighted by Crippen LogP contribution is -2.24. The zero-order chi connectivity index (χ0) is 14.0. The summed E-state index contributed by atoms with van der Waals surface area (Å²) in [5.41, 5.74) is 0.438. The largest absolute Gasteiger partial charge is 0.464 e. The average molecular weight is 282 g/mol. The first-order chi connectivity index (χ1) is 9.06. The molecule has 1 aromatic heterocycles. The van der Waals surface area contributed by atoms with Crippen LogP contribution in [0.3, 0.4) is 0 Å². The van der Waals surface area contributed by atoms with Crippen LogP contribution >= 0.6 is 11.3 Å². The molecule has 0 bridgehead atoms. The molecule has 0 amide bonds. The number of carbonyl (C=O) groups excluding carboxylic acids is 1. The number of thiazole rings is 1. The molecule has 2 rings (SSSR count). The lowest BCUT2D eigenvalue weighted by atomic mass is 9.94. The molecule has 1 N–H and O–H groups in total. The second-order valence-electron chi connectivity index (χ2n) is 5.27. The van der Waals surface area contributed by atoms with Gasteiger partial charge in [-0.3, -0.25) is 0 Å². The van der Waals surface area contributed by atoms with Crippen LogP contribution in [0.25, 0.3) is 0 Å². The van der Waals surface area contributed by atoms with Crippen molar-refractivity contribution >= 4 is 22.4 Å². The Labute approximate surface area is 118 Å². The van der Waals surface area contributed by atoms with Crippen LogP contribution in [0.15, 0.2) is 0 Å². The van der Waals surface area contributed by atoms with Gasteiger partial charge in [0.25, 0.3) is 0 Å². The Morgan fingerprint density at radius 2 is 2.26 bits per heavy atom. The molecule has 19 heavy (non-hydrogen) atoms. The molecule has 1 aliphatic rings. The third-order valence-corrected chi connectivity index (χ3v) is 5.14. The van der Waals surface area contributed by atoms with Crippen molar-refractivity contribution < 1.29 is 9.53 Å². The number of hydrogen-bond donors (Lipinski definition) is 1. The van der Waals surface area contributed by atoms with Gasteiger partial charge in [0.2, 0.25) is 0 Å². The van der Waals surface area contributed by atoms with Gasteiger partial charge in [-0.1, -0.05) is 20.3 Å². The van der Waals surface area contributed by atoms with E-state index < -0.39 is 0 Å². The minimum Gasteiger partial charge on any atom is -0.464 e. The SMILES string of the molecule is CCC1CCC(Nc2nc(C(=O)OC)c(C)s2)C1C. The number of esters is 1. The van der Waals surface area contributed by atoms with Crippen LogP contribution < -0.4 is 5.32 Å². The van der Waals surface area contributed by atoms with E-state index in [0.29, 0.717) is 17.7 Å². The fourth-order valence-electron chi connectivity index (χ4n) is 2.93. The van der Waals surface area contributed by atoms with Gasteiger partial charge in [0.05, 0.1) is 7.11 Å².